The van der Waals surface area contributed by atoms with E-state index in [1.54, 1.807) is 6.92 Å². The predicted molar refractivity (Wildman–Crippen MR) is 81.1 cm³/mol. The molecule has 1 heterocycles. The second-order valence-electron chi connectivity index (χ2n) is 5.25. The standard InChI is InChI=1S/C15H20FNO5S/c1-3-22-15(18)11-5-4-8-17(10-11)23(19,20)12-6-7-14(21-2)13(16)9-12/h6-7,9,11H,3-5,8,10H2,1-2H3. The van der Waals surface area contributed by atoms with E-state index in [2.05, 4.69) is 0 Å². The molecule has 0 spiro atoms. The molecule has 2 rings (SSSR count). The SMILES string of the molecule is CCOC(=O)C1CCCN(S(=O)(=O)c2ccc(OC)c(F)c2)C1. The van der Waals surface area contributed by atoms with Gasteiger partial charge in [-0.2, -0.15) is 4.31 Å². The van der Waals surface area contributed by atoms with Gasteiger partial charge in [0.2, 0.25) is 10.0 Å². The maximum absolute atomic E-state index is 13.8. The first-order chi connectivity index (χ1) is 10.9. The lowest BCUT2D eigenvalue weighted by atomic mass is 10.0. The van der Waals surface area contributed by atoms with Crippen LogP contribution in [0.25, 0.3) is 0 Å². The molecule has 0 aromatic heterocycles. The number of hydrogen-bond acceptors (Lipinski definition) is 5. The minimum Gasteiger partial charge on any atom is -0.494 e. The van der Waals surface area contributed by atoms with Crippen LogP contribution in [0, 0.1) is 11.7 Å². The summed E-state index contributed by atoms with van der Waals surface area (Å²) in [4.78, 5) is 11.7. The van der Waals surface area contributed by atoms with E-state index in [1.165, 1.54) is 23.5 Å². The fourth-order valence-electron chi connectivity index (χ4n) is 2.57. The van der Waals surface area contributed by atoms with Crippen LogP contribution in [0.4, 0.5) is 4.39 Å². The first-order valence-corrected chi connectivity index (χ1v) is 8.84. The molecule has 1 aliphatic heterocycles. The molecule has 1 fully saturated rings. The minimum absolute atomic E-state index is 0.0213. The number of rotatable bonds is 5. The van der Waals surface area contributed by atoms with Crippen LogP contribution in [0.1, 0.15) is 19.8 Å². The molecule has 1 atom stereocenters. The average molecular weight is 345 g/mol. The smallest absolute Gasteiger partial charge is 0.310 e. The Balaban J connectivity index is 2.21. The Morgan fingerprint density at radius 2 is 2.17 bits per heavy atom. The molecule has 1 aromatic carbocycles. The number of halogens is 1. The van der Waals surface area contributed by atoms with E-state index in [0.717, 1.165) is 6.07 Å². The minimum atomic E-state index is -3.86. The third-order valence-electron chi connectivity index (χ3n) is 3.77. The van der Waals surface area contributed by atoms with E-state index in [9.17, 15) is 17.6 Å². The van der Waals surface area contributed by atoms with Crippen LogP contribution < -0.4 is 4.74 Å². The van der Waals surface area contributed by atoms with Gasteiger partial charge >= 0.3 is 5.97 Å². The first-order valence-electron chi connectivity index (χ1n) is 7.40. The van der Waals surface area contributed by atoms with Crippen molar-refractivity contribution in [1.82, 2.24) is 4.31 Å². The largest absolute Gasteiger partial charge is 0.494 e. The van der Waals surface area contributed by atoms with Crippen molar-refractivity contribution in [3.8, 4) is 5.75 Å². The summed E-state index contributed by atoms with van der Waals surface area (Å²) in [6.45, 7) is 2.31. The summed E-state index contributed by atoms with van der Waals surface area (Å²) in [6, 6.07) is 3.50. The Morgan fingerprint density at radius 3 is 2.78 bits per heavy atom. The molecule has 0 N–H and O–H groups in total. The lowest BCUT2D eigenvalue weighted by Crippen LogP contribution is -2.42. The lowest BCUT2D eigenvalue weighted by Gasteiger charge is -2.30. The third kappa shape index (κ3) is 3.81. The van der Waals surface area contributed by atoms with Crippen LogP contribution >= 0.6 is 0 Å². The topological polar surface area (TPSA) is 72.9 Å². The molecular weight excluding hydrogens is 325 g/mol. The van der Waals surface area contributed by atoms with E-state index in [4.69, 9.17) is 9.47 Å². The van der Waals surface area contributed by atoms with Gasteiger partial charge in [-0.3, -0.25) is 4.79 Å². The molecule has 128 valence electrons. The molecule has 0 aliphatic carbocycles. The molecule has 0 saturated carbocycles. The van der Waals surface area contributed by atoms with Crippen LogP contribution in [0.2, 0.25) is 0 Å². The highest BCUT2D eigenvalue weighted by atomic mass is 32.2. The molecule has 8 heteroatoms. The number of nitrogens with zero attached hydrogens (tertiary/aromatic N) is 1. The van der Waals surface area contributed by atoms with Crippen LogP contribution in [-0.2, 0) is 19.6 Å². The maximum atomic E-state index is 13.8. The molecule has 23 heavy (non-hydrogen) atoms. The van der Waals surface area contributed by atoms with Crippen molar-refractivity contribution < 1.29 is 27.1 Å². The van der Waals surface area contributed by atoms with Crippen molar-refractivity contribution in [2.75, 3.05) is 26.8 Å². The zero-order chi connectivity index (χ0) is 17.0. The number of sulfonamides is 1. The fourth-order valence-corrected chi connectivity index (χ4v) is 4.11. The molecule has 0 bridgehead atoms. The first kappa shape index (κ1) is 17.7. The van der Waals surface area contributed by atoms with Gasteiger partial charge in [0.05, 0.1) is 24.5 Å². The Bertz CT molecular complexity index is 676. The van der Waals surface area contributed by atoms with E-state index in [1.807, 2.05) is 0 Å². The number of ether oxygens (including phenoxy) is 2. The van der Waals surface area contributed by atoms with Gasteiger partial charge in [0.1, 0.15) is 0 Å². The zero-order valence-electron chi connectivity index (χ0n) is 13.1. The molecule has 0 amide bonds. The summed E-state index contributed by atoms with van der Waals surface area (Å²) in [5, 5.41) is 0. The van der Waals surface area contributed by atoms with E-state index >= 15 is 0 Å². The monoisotopic (exact) mass is 345 g/mol. The highest BCUT2D eigenvalue weighted by Gasteiger charge is 2.34. The molecule has 0 radical (unpaired) electrons. The van der Waals surface area contributed by atoms with Gasteiger partial charge < -0.3 is 9.47 Å². The Kier molecular flexibility index (Phi) is 5.59. The second kappa shape index (κ2) is 7.27. The Labute approximate surface area is 135 Å². The van der Waals surface area contributed by atoms with Gasteiger partial charge in [0.25, 0.3) is 0 Å². The quantitative estimate of drug-likeness (QED) is 0.761. The molecule has 1 saturated heterocycles. The van der Waals surface area contributed by atoms with Crippen molar-refractivity contribution in [2.45, 2.75) is 24.7 Å². The maximum Gasteiger partial charge on any atom is 0.310 e. The zero-order valence-corrected chi connectivity index (χ0v) is 13.9. The van der Waals surface area contributed by atoms with E-state index in [0.29, 0.717) is 19.4 Å². The molecule has 1 unspecified atom stereocenters. The highest BCUT2D eigenvalue weighted by Crippen LogP contribution is 2.27. The average Bonchev–Trinajstić information content (AvgIpc) is 2.55. The van der Waals surface area contributed by atoms with Crippen molar-refractivity contribution >= 4 is 16.0 Å². The van der Waals surface area contributed by atoms with Crippen LogP contribution in [-0.4, -0.2) is 45.5 Å². The third-order valence-corrected chi connectivity index (χ3v) is 5.63. The Hall–Kier alpha value is -1.67. The van der Waals surface area contributed by atoms with Crippen molar-refractivity contribution in [3.63, 3.8) is 0 Å². The van der Waals surface area contributed by atoms with Gasteiger partial charge in [-0.05, 0) is 38.0 Å². The van der Waals surface area contributed by atoms with Crippen LogP contribution in [0.5, 0.6) is 5.75 Å². The predicted octanol–water partition coefficient (Wildman–Crippen LogP) is 1.80. The number of benzene rings is 1. The fraction of sp³-hybridized carbons (Fsp3) is 0.533. The molecular formula is C15H20FNO5S. The summed E-state index contributed by atoms with van der Waals surface area (Å²) < 4.78 is 50.0. The number of piperidine rings is 1. The molecule has 1 aliphatic rings. The van der Waals surface area contributed by atoms with Crippen LogP contribution in [0.3, 0.4) is 0 Å². The highest BCUT2D eigenvalue weighted by molar-refractivity contribution is 7.89. The van der Waals surface area contributed by atoms with Crippen molar-refractivity contribution in [2.24, 2.45) is 5.92 Å². The van der Waals surface area contributed by atoms with Crippen LogP contribution in [0.15, 0.2) is 23.1 Å². The second-order valence-corrected chi connectivity index (χ2v) is 7.19. The summed E-state index contributed by atoms with van der Waals surface area (Å²) in [6.07, 6.45) is 1.14. The number of carbonyl (C=O) groups excluding carboxylic acids is 1. The Morgan fingerprint density at radius 1 is 1.43 bits per heavy atom. The van der Waals surface area contributed by atoms with Gasteiger partial charge in [-0.1, -0.05) is 0 Å². The van der Waals surface area contributed by atoms with Gasteiger partial charge in [0, 0.05) is 13.1 Å². The van der Waals surface area contributed by atoms with Gasteiger partial charge in [-0.15, -0.1) is 0 Å². The number of methoxy groups -OCH3 is 1. The van der Waals surface area contributed by atoms with Gasteiger partial charge in [0.15, 0.2) is 11.6 Å². The van der Waals surface area contributed by atoms with E-state index < -0.39 is 27.7 Å². The summed E-state index contributed by atoms with van der Waals surface area (Å²) in [5.74, 6) is -1.64. The summed E-state index contributed by atoms with van der Waals surface area (Å²) in [7, 11) is -2.55. The molecule has 6 nitrogen and oxygen atoms in total. The summed E-state index contributed by atoms with van der Waals surface area (Å²) >= 11 is 0. The number of carbonyl (C=O) groups is 1. The lowest BCUT2D eigenvalue weighted by molar-refractivity contribution is -0.149. The van der Waals surface area contributed by atoms with Crippen molar-refractivity contribution in [3.05, 3.63) is 24.0 Å². The summed E-state index contributed by atoms with van der Waals surface area (Å²) in [5.41, 5.74) is 0. The number of esters is 1. The van der Waals surface area contributed by atoms with Gasteiger partial charge in [-0.25, -0.2) is 12.8 Å². The number of hydrogen-bond donors (Lipinski definition) is 0. The van der Waals surface area contributed by atoms with E-state index in [-0.39, 0.29) is 23.8 Å². The van der Waals surface area contributed by atoms with Crippen molar-refractivity contribution in [1.29, 1.82) is 0 Å². The normalized spacial score (nSPS) is 19.3. The molecule has 1 aromatic rings.